The van der Waals surface area contributed by atoms with Crippen molar-refractivity contribution in [2.24, 2.45) is 0 Å². The molecule has 0 aliphatic carbocycles. The Morgan fingerprint density at radius 1 is 1.25 bits per heavy atom. The van der Waals surface area contributed by atoms with Crippen molar-refractivity contribution >= 4 is 16.2 Å². The summed E-state index contributed by atoms with van der Waals surface area (Å²) in [6.45, 7) is 4.40. The van der Waals surface area contributed by atoms with Crippen LogP contribution in [0, 0.1) is 0 Å². The highest BCUT2D eigenvalue weighted by molar-refractivity contribution is 7.86. The van der Waals surface area contributed by atoms with Crippen LogP contribution in [-0.2, 0) is 19.7 Å². The first kappa shape index (κ1) is 19.3. The fraction of sp³-hybridized carbons (Fsp3) is 0.917. The molecule has 0 aliphatic heterocycles. The van der Waals surface area contributed by atoms with Crippen LogP contribution in [-0.4, -0.2) is 68.0 Å². The van der Waals surface area contributed by atoms with Crippen LogP contribution in [0.25, 0.3) is 0 Å². The third kappa shape index (κ3) is 5.74. The molecular formula is C12H26N2O5S. The van der Waals surface area contributed by atoms with Crippen molar-refractivity contribution in [3.63, 3.8) is 0 Å². The predicted molar refractivity (Wildman–Crippen MR) is 76.8 cm³/mol. The molecule has 0 atom stereocenters. The smallest absolute Gasteiger partial charge is 0.304 e. The molecule has 0 aromatic rings. The predicted octanol–water partition coefficient (Wildman–Crippen LogP) is 0.775. The fourth-order valence-corrected chi connectivity index (χ4v) is 3.57. The monoisotopic (exact) mass is 310 g/mol. The van der Waals surface area contributed by atoms with Gasteiger partial charge in [0.05, 0.1) is 13.0 Å². The topological polar surface area (TPSA) is 87.2 Å². The van der Waals surface area contributed by atoms with Gasteiger partial charge in [-0.3, -0.25) is 4.79 Å². The molecular weight excluding hydrogens is 284 g/mol. The van der Waals surface area contributed by atoms with E-state index in [1.54, 1.807) is 0 Å². The number of hydrogen-bond acceptors (Lipinski definition) is 4. The SMILES string of the molecule is CCC(CC)N(CCOC)S(=O)(=O)N(C)CCC(=O)O. The number of nitrogens with zero attached hydrogens (tertiary/aromatic N) is 2. The van der Waals surface area contributed by atoms with Crippen LogP contribution in [0.2, 0.25) is 0 Å². The van der Waals surface area contributed by atoms with E-state index in [0.717, 1.165) is 4.31 Å². The van der Waals surface area contributed by atoms with Crippen LogP contribution in [0.3, 0.4) is 0 Å². The highest BCUT2D eigenvalue weighted by Gasteiger charge is 2.31. The van der Waals surface area contributed by atoms with Gasteiger partial charge in [0.25, 0.3) is 10.2 Å². The normalized spacial score (nSPS) is 12.6. The number of rotatable bonds is 11. The molecule has 0 aromatic heterocycles. The lowest BCUT2D eigenvalue weighted by Crippen LogP contribution is -2.48. The van der Waals surface area contributed by atoms with Crippen molar-refractivity contribution in [3.05, 3.63) is 0 Å². The molecule has 0 aromatic carbocycles. The Kier molecular flexibility index (Phi) is 8.95. The number of hydrogen-bond donors (Lipinski definition) is 1. The summed E-state index contributed by atoms with van der Waals surface area (Å²) in [4.78, 5) is 10.6. The van der Waals surface area contributed by atoms with Gasteiger partial charge in [0.15, 0.2) is 0 Å². The zero-order chi connectivity index (χ0) is 15.8. The minimum absolute atomic E-state index is 0.0404. The molecule has 0 heterocycles. The highest BCUT2D eigenvalue weighted by Crippen LogP contribution is 2.16. The second-order valence-electron chi connectivity index (χ2n) is 4.55. The first-order valence-corrected chi connectivity index (χ1v) is 8.14. The number of carboxylic acids is 1. The third-order valence-electron chi connectivity index (χ3n) is 3.20. The number of ether oxygens (including phenoxy) is 1. The molecule has 0 aliphatic rings. The van der Waals surface area contributed by atoms with Crippen molar-refractivity contribution in [2.45, 2.75) is 39.2 Å². The summed E-state index contributed by atoms with van der Waals surface area (Å²) in [5.74, 6) is -1.02. The van der Waals surface area contributed by atoms with Gasteiger partial charge in [0.2, 0.25) is 0 Å². The summed E-state index contributed by atoms with van der Waals surface area (Å²) in [6.07, 6.45) is 1.19. The molecule has 0 fully saturated rings. The molecule has 0 amide bonds. The molecule has 8 heteroatoms. The van der Waals surface area contributed by atoms with Crippen molar-refractivity contribution in [1.82, 2.24) is 8.61 Å². The number of carbonyl (C=O) groups is 1. The summed E-state index contributed by atoms with van der Waals surface area (Å²) in [5.41, 5.74) is 0. The van der Waals surface area contributed by atoms with Crippen LogP contribution in [0.4, 0.5) is 0 Å². The Hall–Kier alpha value is -0.700. The molecule has 0 bridgehead atoms. The summed E-state index contributed by atoms with van der Waals surface area (Å²) >= 11 is 0. The van der Waals surface area contributed by atoms with E-state index in [2.05, 4.69) is 0 Å². The number of aliphatic carboxylic acids is 1. The number of methoxy groups -OCH3 is 1. The maximum absolute atomic E-state index is 12.5. The zero-order valence-electron chi connectivity index (χ0n) is 12.7. The lowest BCUT2D eigenvalue weighted by Gasteiger charge is -2.32. The molecule has 120 valence electrons. The van der Waals surface area contributed by atoms with Gasteiger partial charge in [-0.05, 0) is 12.8 Å². The molecule has 7 nitrogen and oxygen atoms in total. The van der Waals surface area contributed by atoms with Gasteiger partial charge in [0.1, 0.15) is 0 Å². The first-order valence-electron chi connectivity index (χ1n) is 6.75. The van der Waals surface area contributed by atoms with Gasteiger partial charge in [-0.1, -0.05) is 13.8 Å². The largest absolute Gasteiger partial charge is 0.481 e. The maximum atomic E-state index is 12.5. The summed E-state index contributed by atoms with van der Waals surface area (Å²) in [7, 11) is -0.746. The lowest BCUT2D eigenvalue weighted by molar-refractivity contribution is -0.137. The van der Waals surface area contributed by atoms with Gasteiger partial charge < -0.3 is 9.84 Å². The van der Waals surface area contributed by atoms with Crippen molar-refractivity contribution in [2.75, 3.05) is 33.9 Å². The van der Waals surface area contributed by atoms with Crippen LogP contribution in [0.5, 0.6) is 0 Å². The quantitative estimate of drug-likeness (QED) is 0.609. The number of carboxylic acid groups (broad SMARTS) is 1. The molecule has 0 saturated heterocycles. The van der Waals surface area contributed by atoms with E-state index in [1.165, 1.54) is 18.5 Å². The minimum atomic E-state index is -3.67. The van der Waals surface area contributed by atoms with E-state index in [9.17, 15) is 13.2 Å². The van der Waals surface area contributed by atoms with Gasteiger partial charge in [0, 0.05) is 33.3 Å². The fourth-order valence-electron chi connectivity index (χ4n) is 1.91. The minimum Gasteiger partial charge on any atom is -0.481 e. The lowest BCUT2D eigenvalue weighted by atomic mass is 10.2. The van der Waals surface area contributed by atoms with E-state index in [0.29, 0.717) is 19.4 Å². The van der Waals surface area contributed by atoms with E-state index in [1.807, 2.05) is 13.8 Å². The van der Waals surface area contributed by atoms with Crippen LogP contribution in [0.15, 0.2) is 0 Å². The molecule has 0 rings (SSSR count). The Labute approximate surface area is 121 Å². The van der Waals surface area contributed by atoms with Crippen molar-refractivity contribution < 1.29 is 23.1 Å². The third-order valence-corrected chi connectivity index (χ3v) is 5.24. The molecule has 0 unspecified atom stereocenters. The van der Waals surface area contributed by atoms with Gasteiger partial charge in [-0.15, -0.1) is 0 Å². The second kappa shape index (κ2) is 9.28. The van der Waals surface area contributed by atoms with Crippen LogP contribution in [0.1, 0.15) is 33.1 Å². The molecule has 20 heavy (non-hydrogen) atoms. The average Bonchev–Trinajstić information content (AvgIpc) is 2.40. The Balaban J connectivity index is 5.04. The molecule has 0 radical (unpaired) electrons. The van der Waals surface area contributed by atoms with E-state index < -0.39 is 16.2 Å². The van der Waals surface area contributed by atoms with Gasteiger partial charge in [-0.25, -0.2) is 0 Å². The summed E-state index contributed by atoms with van der Waals surface area (Å²) in [5, 5.41) is 8.65. The molecule has 0 saturated carbocycles. The van der Waals surface area contributed by atoms with Gasteiger partial charge >= 0.3 is 5.97 Å². The van der Waals surface area contributed by atoms with Crippen molar-refractivity contribution in [3.8, 4) is 0 Å². The van der Waals surface area contributed by atoms with E-state index >= 15 is 0 Å². The first-order chi connectivity index (χ1) is 9.31. The van der Waals surface area contributed by atoms with Crippen LogP contribution >= 0.6 is 0 Å². The second-order valence-corrected chi connectivity index (χ2v) is 6.53. The van der Waals surface area contributed by atoms with Gasteiger partial charge in [-0.2, -0.15) is 17.0 Å². The zero-order valence-corrected chi connectivity index (χ0v) is 13.5. The van der Waals surface area contributed by atoms with Crippen molar-refractivity contribution in [1.29, 1.82) is 0 Å². The Morgan fingerprint density at radius 2 is 1.80 bits per heavy atom. The standard InChI is InChI=1S/C12H26N2O5S/c1-5-11(6-2)14(9-10-19-4)20(17,18)13(3)8-7-12(15)16/h11H,5-10H2,1-4H3,(H,15,16). The van der Waals surface area contributed by atoms with E-state index in [-0.39, 0.29) is 25.6 Å². The maximum Gasteiger partial charge on any atom is 0.304 e. The highest BCUT2D eigenvalue weighted by atomic mass is 32.2. The Morgan fingerprint density at radius 3 is 2.20 bits per heavy atom. The van der Waals surface area contributed by atoms with E-state index in [4.69, 9.17) is 9.84 Å². The van der Waals surface area contributed by atoms with Crippen LogP contribution < -0.4 is 0 Å². The molecule has 1 N–H and O–H groups in total. The molecule has 0 spiro atoms. The Bertz CT molecular complexity index is 381. The summed E-state index contributed by atoms with van der Waals surface area (Å²) < 4.78 is 32.5. The average molecular weight is 310 g/mol. The summed E-state index contributed by atoms with van der Waals surface area (Å²) in [6, 6.07) is -0.109.